The number of aromatic amines is 1. The normalized spacial score (nSPS) is 11.2. The Balaban J connectivity index is 1.58. The molecular weight excluding hydrogens is 434 g/mol. The molecule has 1 amide bonds. The maximum absolute atomic E-state index is 13.1. The van der Waals surface area contributed by atoms with Gasteiger partial charge in [-0.05, 0) is 36.8 Å². The molecule has 32 heavy (non-hydrogen) atoms. The Morgan fingerprint density at radius 3 is 2.81 bits per heavy atom. The lowest BCUT2D eigenvalue weighted by Crippen LogP contribution is -2.35. The van der Waals surface area contributed by atoms with E-state index >= 15 is 0 Å². The summed E-state index contributed by atoms with van der Waals surface area (Å²) in [4.78, 5) is 44.9. The number of fused-ring (bicyclic) bond motifs is 2. The van der Waals surface area contributed by atoms with Gasteiger partial charge in [0.25, 0.3) is 11.2 Å². The molecule has 10 heteroatoms. The number of amides is 1. The number of hydrogen-bond acceptors (Lipinski definition) is 5. The van der Waals surface area contributed by atoms with Gasteiger partial charge >= 0.3 is 0 Å². The SMILES string of the molecule is CCCN(Cc1nc2cc(Cl)ccc2c(=O)[nH]1)C(=O)Cn1ccc2cc([N+](=O)[O-])ccc21. The second-order valence-electron chi connectivity index (χ2n) is 7.43. The van der Waals surface area contributed by atoms with Gasteiger partial charge in [-0.15, -0.1) is 0 Å². The van der Waals surface area contributed by atoms with Crippen molar-refractivity contribution in [2.75, 3.05) is 6.54 Å². The Hall–Kier alpha value is -3.72. The van der Waals surface area contributed by atoms with Gasteiger partial charge in [-0.1, -0.05) is 18.5 Å². The van der Waals surface area contributed by atoms with E-state index in [9.17, 15) is 19.7 Å². The van der Waals surface area contributed by atoms with Crippen molar-refractivity contribution in [1.82, 2.24) is 19.4 Å². The van der Waals surface area contributed by atoms with Gasteiger partial charge in [0.15, 0.2) is 0 Å². The first-order valence-electron chi connectivity index (χ1n) is 10.0. The zero-order valence-corrected chi connectivity index (χ0v) is 18.0. The number of non-ortho nitro benzene ring substituents is 1. The van der Waals surface area contributed by atoms with E-state index in [2.05, 4.69) is 9.97 Å². The minimum atomic E-state index is -0.449. The molecule has 9 nitrogen and oxygen atoms in total. The number of nitrogens with zero attached hydrogens (tertiary/aromatic N) is 4. The average Bonchev–Trinajstić information content (AvgIpc) is 3.15. The summed E-state index contributed by atoms with van der Waals surface area (Å²) in [7, 11) is 0. The smallest absolute Gasteiger partial charge is 0.270 e. The second-order valence-corrected chi connectivity index (χ2v) is 7.87. The summed E-state index contributed by atoms with van der Waals surface area (Å²) >= 11 is 6.03. The number of carbonyl (C=O) groups is 1. The summed E-state index contributed by atoms with van der Waals surface area (Å²) < 4.78 is 1.75. The largest absolute Gasteiger partial charge is 0.338 e. The Morgan fingerprint density at radius 1 is 1.25 bits per heavy atom. The van der Waals surface area contributed by atoms with Crippen LogP contribution in [0.3, 0.4) is 0 Å². The lowest BCUT2D eigenvalue weighted by Gasteiger charge is -2.22. The third-order valence-electron chi connectivity index (χ3n) is 5.18. The number of halogens is 1. The van der Waals surface area contributed by atoms with Gasteiger partial charge in [-0.3, -0.25) is 19.7 Å². The fourth-order valence-corrected chi connectivity index (χ4v) is 3.83. The predicted octanol–water partition coefficient (Wildman–Crippen LogP) is 3.88. The monoisotopic (exact) mass is 453 g/mol. The van der Waals surface area contributed by atoms with Crippen LogP contribution in [0.5, 0.6) is 0 Å². The van der Waals surface area contributed by atoms with Crippen LogP contribution in [0.25, 0.3) is 21.8 Å². The number of benzene rings is 2. The van der Waals surface area contributed by atoms with Gasteiger partial charge in [0.2, 0.25) is 5.91 Å². The number of rotatable bonds is 7. The van der Waals surface area contributed by atoms with E-state index in [1.54, 1.807) is 46.0 Å². The third kappa shape index (κ3) is 4.33. The minimum Gasteiger partial charge on any atom is -0.338 e. The summed E-state index contributed by atoms with van der Waals surface area (Å²) in [6.45, 7) is 2.65. The molecule has 0 bridgehead atoms. The first kappa shape index (κ1) is 21.5. The van der Waals surface area contributed by atoms with E-state index < -0.39 is 4.92 Å². The lowest BCUT2D eigenvalue weighted by molar-refractivity contribution is -0.384. The fraction of sp³-hybridized carbons (Fsp3) is 0.227. The number of carbonyl (C=O) groups excluding carboxylic acids is 1. The van der Waals surface area contributed by atoms with Gasteiger partial charge < -0.3 is 14.5 Å². The van der Waals surface area contributed by atoms with E-state index in [1.165, 1.54) is 12.1 Å². The van der Waals surface area contributed by atoms with Crippen LogP contribution < -0.4 is 5.56 Å². The first-order valence-corrected chi connectivity index (χ1v) is 10.4. The fourth-order valence-electron chi connectivity index (χ4n) is 3.66. The summed E-state index contributed by atoms with van der Waals surface area (Å²) in [5, 5.41) is 12.6. The summed E-state index contributed by atoms with van der Waals surface area (Å²) in [5.74, 6) is 0.219. The number of aromatic nitrogens is 3. The van der Waals surface area contributed by atoms with Crippen LogP contribution in [0.15, 0.2) is 53.5 Å². The van der Waals surface area contributed by atoms with Crippen LogP contribution in [0.1, 0.15) is 19.2 Å². The molecule has 1 N–H and O–H groups in total. The highest BCUT2D eigenvalue weighted by molar-refractivity contribution is 6.31. The molecule has 2 heterocycles. The number of nitro benzene ring substituents is 1. The van der Waals surface area contributed by atoms with Crippen LogP contribution in [-0.2, 0) is 17.9 Å². The van der Waals surface area contributed by atoms with Crippen LogP contribution in [0.4, 0.5) is 5.69 Å². The number of nitrogens with one attached hydrogen (secondary N) is 1. The molecule has 2 aromatic carbocycles. The molecule has 4 aromatic rings. The lowest BCUT2D eigenvalue weighted by atomic mass is 10.2. The van der Waals surface area contributed by atoms with Gasteiger partial charge in [0.1, 0.15) is 12.4 Å². The number of hydrogen-bond donors (Lipinski definition) is 1. The zero-order chi connectivity index (χ0) is 22.8. The molecule has 0 saturated heterocycles. The van der Waals surface area contributed by atoms with E-state index in [-0.39, 0.29) is 30.2 Å². The number of H-pyrrole nitrogens is 1. The van der Waals surface area contributed by atoms with Crippen LogP contribution >= 0.6 is 11.6 Å². The van der Waals surface area contributed by atoms with Crippen molar-refractivity contribution in [2.45, 2.75) is 26.4 Å². The predicted molar refractivity (Wildman–Crippen MR) is 122 cm³/mol. The molecule has 0 aliphatic rings. The molecule has 0 unspecified atom stereocenters. The number of nitro groups is 1. The molecule has 2 aromatic heterocycles. The Kier molecular flexibility index (Phi) is 5.91. The van der Waals surface area contributed by atoms with E-state index in [0.29, 0.717) is 33.7 Å². The van der Waals surface area contributed by atoms with Crippen molar-refractivity contribution in [3.63, 3.8) is 0 Å². The summed E-state index contributed by atoms with van der Waals surface area (Å²) in [5.41, 5.74) is 0.912. The summed E-state index contributed by atoms with van der Waals surface area (Å²) in [6.07, 6.45) is 2.46. The second kappa shape index (κ2) is 8.80. The van der Waals surface area contributed by atoms with Crippen molar-refractivity contribution < 1.29 is 9.72 Å². The molecule has 0 spiro atoms. The van der Waals surface area contributed by atoms with Crippen LogP contribution in [0, 0.1) is 10.1 Å². The molecular formula is C22H20ClN5O4. The zero-order valence-electron chi connectivity index (χ0n) is 17.2. The van der Waals surface area contributed by atoms with Crippen molar-refractivity contribution in [2.24, 2.45) is 0 Å². The van der Waals surface area contributed by atoms with Crippen molar-refractivity contribution in [1.29, 1.82) is 0 Å². The summed E-state index contributed by atoms with van der Waals surface area (Å²) in [6, 6.07) is 11.1. The van der Waals surface area contributed by atoms with Crippen molar-refractivity contribution in [3.05, 3.63) is 80.0 Å². The third-order valence-corrected chi connectivity index (χ3v) is 5.41. The highest BCUT2D eigenvalue weighted by Gasteiger charge is 2.17. The molecule has 0 atom stereocenters. The first-order chi connectivity index (χ1) is 15.4. The standard InChI is InChI=1S/C22H20ClN5O4/c1-2-8-27(12-20-24-18-11-15(23)3-5-17(18)22(30)25-20)21(29)13-26-9-7-14-10-16(28(31)32)4-6-19(14)26/h3-7,9-11H,2,8,12-13H2,1H3,(H,24,25,30). The van der Waals surface area contributed by atoms with Crippen LogP contribution in [-0.4, -0.2) is 36.8 Å². The molecule has 0 aliphatic heterocycles. The molecule has 4 rings (SSSR count). The van der Waals surface area contributed by atoms with E-state index in [0.717, 1.165) is 11.9 Å². The van der Waals surface area contributed by atoms with Gasteiger partial charge in [-0.25, -0.2) is 4.98 Å². The van der Waals surface area contributed by atoms with Gasteiger partial charge in [0.05, 0.1) is 22.4 Å². The average molecular weight is 454 g/mol. The minimum absolute atomic E-state index is 0.000576. The highest BCUT2D eigenvalue weighted by atomic mass is 35.5. The highest BCUT2D eigenvalue weighted by Crippen LogP contribution is 2.22. The molecule has 0 aliphatic carbocycles. The van der Waals surface area contributed by atoms with Crippen molar-refractivity contribution >= 4 is 45.0 Å². The van der Waals surface area contributed by atoms with Gasteiger partial charge in [-0.2, -0.15) is 0 Å². The Labute approximate surface area is 187 Å². The molecule has 0 fully saturated rings. The van der Waals surface area contributed by atoms with Crippen LogP contribution in [0.2, 0.25) is 5.02 Å². The van der Waals surface area contributed by atoms with E-state index in [4.69, 9.17) is 11.6 Å². The maximum atomic E-state index is 13.1. The Morgan fingerprint density at radius 2 is 2.06 bits per heavy atom. The van der Waals surface area contributed by atoms with Crippen molar-refractivity contribution in [3.8, 4) is 0 Å². The topological polar surface area (TPSA) is 114 Å². The maximum Gasteiger partial charge on any atom is 0.270 e. The molecule has 164 valence electrons. The quantitative estimate of drug-likeness (QED) is 0.337. The molecule has 0 radical (unpaired) electrons. The van der Waals surface area contributed by atoms with E-state index in [1.807, 2.05) is 6.92 Å². The molecule has 0 saturated carbocycles. The van der Waals surface area contributed by atoms with Gasteiger partial charge in [0, 0.05) is 40.8 Å². The Bertz CT molecular complexity index is 1390.